The van der Waals surface area contributed by atoms with Crippen LogP contribution in [0.25, 0.3) is 0 Å². The number of rotatable bonds is 3. The molecule has 0 aliphatic rings. The van der Waals surface area contributed by atoms with E-state index in [9.17, 15) is 4.79 Å². The second kappa shape index (κ2) is 3.56. The van der Waals surface area contributed by atoms with Crippen LogP contribution < -0.4 is 5.73 Å². The lowest BCUT2D eigenvalue weighted by Gasteiger charge is -2.30. The molecule has 0 unspecified atom stereocenters. The first-order valence-electron chi connectivity index (χ1n) is 4.47. The zero-order valence-electron chi connectivity index (χ0n) is 8.90. The summed E-state index contributed by atoms with van der Waals surface area (Å²) in [7, 11) is 0. The summed E-state index contributed by atoms with van der Waals surface area (Å²) in [6, 6.07) is 0. The molecule has 0 saturated heterocycles. The molecule has 72 valence electrons. The molecular formula is C10H21NO. The molecule has 12 heavy (non-hydrogen) atoms. The van der Waals surface area contributed by atoms with Gasteiger partial charge < -0.3 is 5.73 Å². The second-order valence-corrected chi connectivity index (χ2v) is 5.00. The normalized spacial score (nSPS) is 13.2. The van der Waals surface area contributed by atoms with Crippen LogP contribution in [0.5, 0.6) is 0 Å². The predicted molar refractivity (Wildman–Crippen MR) is 51.9 cm³/mol. The van der Waals surface area contributed by atoms with Crippen LogP contribution >= 0.6 is 0 Å². The number of hydrogen-bond donors (Lipinski definition) is 1. The van der Waals surface area contributed by atoms with Crippen molar-refractivity contribution in [3.8, 4) is 0 Å². The fourth-order valence-corrected chi connectivity index (χ4v) is 1.49. The Morgan fingerprint density at radius 3 is 1.83 bits per heavy atom. The van der Waals surface area contributed by atoms with Crippen LogP contribution in [-0.4, -0.2) is 12.3 Å². The van der Waals surface area contributed by atoms with Crippen molar-refractivity contribution in [3.05, 3.63) is 0 Å². The van der Waals surface area contributed by atoms with Gasteiger partial charge in [-0.2, -0.15) is 0 Å². The van der Waals surface area contributed by atoms with Crippen LogP contribution in [0.4, 0.5) is 0 Å². The van der Waals surface area contributed by atoms with Gasteiger partial charge in [-0.25, -0.2) is 0 Å². The average molecular weight is 171 g/mol. The minimum Gasteiger partial charge on any atom is -0.330 e. The third-order valence-electron chi connectivity index (χ3n) is 2.07. The number of carbonyl (C=O) groups excluding carboxylic acids is 1. The summed E-state index contributed by atoms with van der Waals surface area (Å²) >= 11 is 0. The third kappa shape index (κ3) is 2.94. The highest BCUT2D eigenvalue weighted by atomic mass is 16.1. The van der Waals surface area contributed by atoms with E-state index in [0.29, 0.717) is 12.3 Å². The summed E-state index contributed by atoms with van der Waals surface area (Å²) in [5.74, 6) is 0.292. The van der Waals surface area contributed by atoms with Gasteiger partial charge in [0.05, 0.1) is 0 Å². The summed E-state index contributed by atoms with van der Waals surface area (Å²) in [4.78, 5) is 11.8. The minimum absolute atomic E-state index is 0.251. The molecule has 0 atom stereocenters. The van der Waals surface area contributed by atoms with Crippen molar-refractivity contribution in [3.63, 3.8) is 0 Å². The molecule has 0 heterocycles. The fraction of sp³-hybridized carbons (Fsp3) is 0.900. The lowest BCUT2D eigenvalue weighted by molar-refractivity contribution is -0.135. The van der Waals surface area contributed by atoms with Crippen molar-refractivity contribution in [2.24, 2.45) is 16.6 Å². The number of nitrogens with two attached hydrogens (primary N) is 1. The minimum atomic E-state index is -0.271. The molecule has 0 spiro atoms. The third-order valence-corrected chi connectivity index (χ3v) is 2.07. The molecule has 0 saturated carbocycles. The highest BCUT2D eigenvalue weighted by molar-refractivity contribution is 5.88. The first kappa shape index (κ1) is 11.6. The van der Waals surface area contributed by atoms with E-state index in [0.717, 1.165) is 6.42 Å². The molecule has 0 aliphatic heterocycles. The first-order chi connectivity index (χ1) is 5.22. The van der Waals surface area contributed by atoms with Crippen molar-refractivity contribution in [2.75, 3.05) is 6.54 Å². The zero-order valence-corrected chi connectivity index (χ0v) is 8.90. The summed E-state index contributed by atoms with van der Waals surface area (Å²) in [6.07, 6.45) is 0.767. The van der Waals surface area contributed by atoms with Gasteiger partial charge in [0.1, 0.15) is 5.78 Å². The number of hydrogen-bond acceptors (Lipinski definition) is 2. The Labute approximate surface area is 75.5 Å². The molecule has 2 N–H and O–H groups in total. The van der Waals surface area contributed by atoms with E-state index in [1.165, 1.54) is 0 Å². The summed E-state index contributed by atoms with van der Waals surface area (Å²) < 4.78 is 0. The van der Waals surface area contributed by atoms with Gasteiger partial charge in [0.25, 0.3) is 0 Å². The molecule has 0 radical (unpaired) electrons. The van der Waals surface area contributed by atoms with Crippen LogP contribution in [0, 0.1) is 10.8 Å². The van der Waals surface area contributed by atoms with Crippen LogP contribution in [-0.2, 0) is 4.79 Å². The maximum atomic E-state index is 11.8. The Morgan fingerprint density at radius 1 is 1.17 bits per heavy atom. The largest absolute Gasteiger partial charge is 0.330 e. The van der Waals surface area contributed by atoms with E-state index in [1.54, 1.807) is 0 Å². The molecular weight excluding hydrogens is 150 g/mol. The molecule has 2 heteroatoms. The van der Waals surface area contributed by atoms with E-state index in [4.69, 9.17) is 5.73 Å². The predicted octanol–water partition coefficient (Wildman–Crippen LogP) is 1.98. The lowest BCUT2D eigenvalue weighted by atomic mass is 9.73. The second-order valence-electron chi connectivity index (χ2n) is 5.00. The number of carbonyl (C=O) groups is 1. The average Bonchev–Trinajstić information content (AvgIpc) is 1.84. The smallest absolute Gasteiger partial charge is 0.143 e. The number of Topliss-reactive ketones (excluding diaryl/α,β-unsaturated/α-hetero) is 1. The van der Waals surface area contributed by atoms with E-state index < -0.39 is 0 Å². The quantitative estimate of drug-likeness (QED) is 0.705. The monoisotopic (exact) mass is 171 g/mol. The van der Waals surface area contributed by atoms with Crippen LogP contribution in [0.2, 0.25) is 0 Å². The van der Waals surface area contributed by atoms with E-state index in [-0.39, 0.29) is 10.8 Å². The number of ketones is 1. The van der Waals surface area contributed by atoms with Crippen molar-refractivity contribution in [2.45, 2.75) is 41.0 Å². The van der Waals surface area contributed by atoms with Gasteiger partial charge in [0.2, 0.25) is 0 Å². The Hall–Kier alpha value is -0.370. The van der Waals surface area contributed by atoms with E-state index in [1.807, 2.05) is 34.6 Å². The molecule has 0 bridgehead atoms. The highest BCUT2D eigenvalue weighted by Crippen LogP contribution is 2.31. The highest BCUT2D eigenvalue weighted by Gasteiger charge is 2.34. The standard InChI is InChI=1S/C10H21NO/c1-9(2,3)8(12)10(4,5)6-7-11/h6-7,11H2,1-5H3. The van der Waals surface area contributed by atoms with Gasteiger partial charge in [-0.15, -0.1) is 0 Å². The van der Waals surface area contributed by atoms with Gasteiger partial charge in [-0.05, 0) is 13.0 Å². The Morgan fingerprint density at radius 2 is 1.58 bits per heavy atom. The van der Waals surface area contributed by atoms with Gasteiger partial charge in [-0.1, -0.05) is 34.6 Å². The molecule has 2 nitrogen and oxygen atoms in total. The Bertz CT molecular complexity index is 165. The lowest BCUT2D eigenvalue weighted by Crippen LogP contribution is -2.36. The molecule has 0 amide bonds. The van der Waals surface area contributed by atoms with Gasteiger partial charge in [0, 0.05) is 10.8 Å². The molecule has 0 rings (SSSR count). The molecule has 0 aromatic carbocycles. The SMILES string of the molecule is CC(C)(C)C(=O)C(C)(C)CCN. The molecule has 0 aromatic rings. The van der Waals surface area contributed by atoms with Gasteiger partial charge in [0.15, 0.2) is 0 Å². The van der Waals surface area contributed by atoms with Crippen molar-refractivity contribution in [1.82, 2.24) is 0 Å². The maximum absolute atomic E-state index is 11.8. The van der Waals surface area contributed by atoms with Crippen LogP contribution in [0.1, 0.15) is 41.0 Å². The van der Waals surface area contributed by atoms with Gasteiger partial charge in [-0.3, -0.25) is 4.79 Å². The molecule has 0 aliphatic carbocycles. The van der Waals surface area contributed by atoms with Crippen molar-refractivity contribution < 1.29 is 4.79 Å². The summed E-state index contributed by atoms with van der Waals surface area (Å²) in [6.45, 7) is 10.4. The topological polar surface area (TPSA) is 43.1 Å². The fourth-order valence-electron chi connectivity index (χ4n) is 1.49. The van der Waals surface area contributed by atoms with Crippen molar-refractivity contribution >= 4 is 5.78 Å². The maximum Gasteiger partial charge on any atom is 0.143 e. The van der Waals surface area contributed by atoms with E-state index in [2.05, 4.69) is 0 Å². The summed E-state index contributed by atoms with van der Waals surface area (Å²) in [5.41, 5.74) is 4.92. The van der Waals surface area contributed by atoms with E-state index >= 15 is 0 Å². The molecule has 0 aromatic heterocycles. The van der Waals surface area contributed by atoms with Crippen molar-refractivity contribution in [1.29, 1.82) is 0 Å². The summed E-state index contributed by atoms with van der Waals surface area (Å²) in [5, 5.41) is 0. The first-order valence-corrected chi connectivity index (χ1v) is 4.47. The Kier molecular flexibility index (Phi) is 3.45. The Balaban J connectivity index is 4.46. The van der Waals surface area contributed by atoms with Gasteiger partial charge >= 0.3 is 0 Å². The van der Waals surface area contributed by atoms with Crippen LogP contribution in [0.15, 0.2) is 0 Å². The zero-order chi connectivity index (χ0) is 9.99. The molecule has 0 fully saturated rings. The van der Waals surface area contributed by atoms with Crippen LogP contribution in [0.3, 0.4) is 0 Å².